The second kappa shape index (κ2) is 19.9. The lowest BCUT2D eigenvalue weighted by Crippen LogP contribution is -2.49. The predicted octanol–water partition coefficient (Wildman–Crippen LogP) is 5.95. The Balaban J connectivity index is 0.00000722. The molecule has 1 saturated heterocycles. The summed E-state index contributed by atoms with van der Waals surface area (Å²) in [7, 11) is 0. The van der Waals surface area contributed by atoms with E-state index in [-0.39, 0.29) is 36.8 Å². The fourth-order valence-corrected chi connectivity index (χ4v) is 5.37. The standard InChI is InChI=1S/C30H49N3O4.ClH/c1-3-5-6-7-8-9-10-11-12-13-20-32-28(34)26-16-14-24(15-17-26)23-33(29(35)30(36)37)27(4-2)25-18-21-31-22-19-25;/h14-17,25,27,31H,3-13,18-23H2,1-2H3,(H,32,34)(H,36,37);1H. The van der Waals surface area contributed by atoms with Crippen molar-refractivity contribution in [1.29, 1.82) is 0 Å². The molecule has 1 aromatic carbocycles. The highest BCUT2D eigenvalue weighted by atomic mass is 35.5. The Morgan fingerprint density at radius 1 is 0.921 bits per heavy atom. The van der Waals surface area contributed by atoms with Crippen molar-refractivity contribution in [3.63, 3.8) is 0 Å². The van der Waals surface area contributed by atoms with Gasteiger partial charge in [-0.05, 0) is 62.4 Å². The van der Waals surface area contributed by atoms with Crippen molar-refractivity contribution in [3.05, 3.63) is 35.4 Å². The first kappa shape index (κ1) is 33.9. The monoisotopic (exact) mass is 551 g/mol. The van der Waals surface area contributed by atoms with Gasteiger partial charge in [0.05, 0.1) is 0 Å². The zero-order valence-corrected chi connectivity index (χ0v) is 24.3. The van der Waals surface area contributed by atoms with Crippen LogP contribution in [0.25, 0.3) is 0 Å². The lowest BCUT2D eigenvalue weighted by atomic mass is 9.87. The molecule has 0 radical (unpaired) electrons. The predicted molar refractivity (Wildman–Crippen MR) is 156 cm³/mol. The van der Waals surface area contributed by atoms with Gasteiger partial charge in [0.2, 0.25) is 0 Å². The minimum Gasteiger partial charge on any atom is -0.474 e. The highest BCUT2D eigenvalue weighted by molar-refractivity contribution is 6.31. The van der Waals surface area contributed by atoms with Gasteiger partial charge < -0.3 is 20.6 Å². The van der Waals surface area contributed by atoms with Crippen LogP contribution >= 0.6 is 12.4 Å². The third-order valence-electron chi connectivity index (χ3n) is 7.58. The second-order valence-electron chi connectivity index (χ2n) is 10.4. The van der Waals surface area contributed by atoms with Crippen molar-refractivity contribution in [2.75, 3.05) is 19.6 Å². The van der Waals surface area contributed by atoms with Crippen molar-refractivity contribution < 1.29 is 19.5 Å². The van der Waals surface area contributed by atoms with Crippen LogP contribution in [-0.4, -0.2) is 53.5 Å². The first-order chi connectivity index (χ1) is 18.0. The van der Waals surface area contributed by atoms with E-state index < -0.39 is 11.9 Å². The number of rotatable bonds is 17. The zero-order valence-electron chi connectivity index (χ0n) is 23.5. The number of benzene rings is 1. The Bertz CT molecular complexity index is 812. The number of hydrogen-bond donors (Lipinski definition) is 3. The number of aliphatic carboxylic acids is 1. The molecule has 1 aliphatic heterocycles. The molecule has 1 fully saturated rings. The van der Waals surface area contributed by atoms with Crippen molar-refractivity contribution in [1.82, 2.24) is 15.5 Å². The molecule has 1 heterocycles. The van der Waals surface area contributed by atoms with E-state index in [1.807, 2.05) is 19.1 Å². The molecule has 8 heteroatoms. The highest BCUT2D eigenvalue weighted by Crippen LogP contribution is 2.25. The van der Waals surface area contributed by atoms with Gasteiger partial charge in [-0.3, -0.25) is 9.59 Å². The van der Waals surface area contributed by atoms with Crippen LogP contribution in [0.3, 0.4) is 0 Å². The Kier molecular flexibility index (Phi) is 17.7. The van der Waals surface area contributed by atoms with Gasteiger partial charge in [0.1, 0.15) is 0 Å². The van der Waals surface area contributed by atoms with Gasteiger partial charge >= 0.3 is 11.9 Å². The molecule has 38 heavy (non-hydrogen) atoms. The summed E-state index contributed by atoms with van der Waals surface area (Å²) in [4.78, 5) is 38.2. The van der Waals surface area contributed by atoms with Gasteiger partial charge in [-0.2, -0.15) is 0 Å². The molecule has 0 spiro atoms. The fourth-order valence-electron chi connectivity index (χ4n) is 5.37. The van der Waals surface area contributed by atoms with E-state index in [1.165, 1.54) is 56.3 Å². The number of piperidine rings is 1. The molecular weight excluding hydrogens is 502 g/mol. The van der Waals surface area contributed by atoms with Gasteiger partial charge in [-0.1, -0.05) is 83.8 Å². The molecule has 7 nitrogen and oxygen atoms in total. The van der Waals surface area contributed by atoms with E-state index in [2.05, 4.69) is 17.6 Å². The minimum absolute atomic E-state index is 0. The van der Waals surface area contributed by atoms with E-state index in [1.54, 1.807) is 12.1 Å². The number of nitrogens with one attached hydrogen (secondary N) is 2. The first-order valence-electron chi connectivity index (χ1n) is 14.6. The van der Waals surface area contributed by atoms with Crippen molar-refractivity contribution >= 4 is 30.2 Å². The zero-order chi connectivity index (χ0) is 26.9. The molecule has 0 aromatic heterocycles. The molecular formula is C30H50ClN3O4. The SMILES string of the molecule is CCCCCCCCCCCCNC(=O)c1ccc(CN(C(=O)C(=O)O)C(CC)C2CCNCC2)cc1.Cl. The van der Waals surface area contributed by atoms with Crippen LogP contribution in [0.4, 0.5) is 0 Å². The molecule has 216 valence electrons. The number of nitrogens with zero attached hydrogens (tertiary/aromatic N) is 1. The van der Waals surface area contributed by atoms with E-state index in [0.717, 1.165) is 44.3 Å². The average molecular weight is 552 g/mol. The topological polar surface area (TPSA) is 98.7 Å². The summed E-state index contributed by atoms with van der Waals surface area (Å²) >= 11 is 0. The van der Waals surface area contributed by atoms with Crippen LogP contribution < -0.4 is 10.6 Å². The molecule has 1 aliphatic rings. The van der Waals surface area contributed by atoms with Gasteiger partial charge in [-0.15, -0.1) is 12.4 Å². The smallest absolute Gasteiger partial charge is 0.394 e. The van der Waals surface area contributed by atoms with Crippen LogP contribution in [0.5, 0.6) is 0 Å². The van der Waals surface area contributed by atoms with Crippen molar-refractivity contribution in [2.24, 2.45) is 5.92 Å². The summed E-state index contributed by atoms with van der Waals surface area (Å²) in [6.07, 6.45) is 15.2. The summed E-state index contributed by atoms with van der Waals surface area (Å²) in [5, 5.41) is 15.8. The van der Waals surface area contributed by atoms with Gasteiger partial charge in [0.15, 0.2) is 0 Å². The second-order valence-corrected chi connectivity index (χ2v) is 10.4. The number of carboxylic acid groups (broad SMARTS) is 1. The number of amides is 2. The van der Waals surface area contributed by atoms with Gasteiger partial charge in [0.25, 0.3) is 5.91 Å². The Labute approximate surface area is 235 Å². The number of unbranched alkanes of at least 4 members (excludes halogenated alkanes) is 9. The highest BCUT2D eigenvalue weighted by Gasteiger charge is 2.33. The normalized spacial score (nSPS) is 14.4. The number of carboxylic acids is 1. The minimum atomic E-state index is -1.42. The Morgan fingerprint density at radius 3 is 2.00 bits per heavy atom. The van der Waals surface area contributed by atoms with E-state index in [0.29, 0.717) is 18.5 Å². The maximum atomic E-state index is 12.6. The summed E-state index contributed by atoms with van der Waals surface area (Å²) in [6.45, 7) is 6.93. The molecule has 1 atom stereocenters. The molecule has 1 aromatic rings. The summed E-state index contributed by atoms with van der Waals surface area (Å²) < 4.78 is 0. The quantitative estimate of drug-likeness (QED) is 0.164. The Hall–Kier alpha value is -2.12. The average Bonchev–Trinajstić information content (AvgIpc) is 2.92. The molecule has 0 bridgehead atoms. The third-order valence-corrected chi connectivity index (χ3v) is 7.58. The van der Waals surface area contributed by atoms with E-state index >= 15 is 0 Å². The number of carbonyl (C=O) groups excluding carboxylic acids is 2. The number of hydrogen-bond acceptors (Lipinski definition) is 4. The van der Waals surface area contributed by atoms with Crippen molar-refractivity contribution in [2.45, 2.75) is 110 Å². The summed E-state index contributed by atoms with van der Waals surface area (Å²) in [6, 6.07) is 7.06. The number of halogens is 1. The summed E-state index contributed by atoms with van der Waals surface area (Å²) in [5.41, 5.74) is 1.41. The first-order valence-corrected chi connectivity index (χ1v) is 14.6. The van der Waals surface area contributed by atoms with Crippen LogP contribution in [0, 0.1) is 5.92 Å². The number of carbonyl (C=O) groups is 3. The maximum absolute atomic E-state index is 12.6. The van der Waals surface area contributed by atoms with Crippen LogP contribution in [0.1, 0.15) is 113 Å². The maximum Gasteiger partial charge on any atom is 0.394 e. The molecule has 3 N–H and O–H groups in total. The molecule has 0 aliphatic carbocycles. The van der Waals surface area contributed by atoms with Crippen LogP contribution in [0.2, 0.25) is 0 Å². The van der Waals surface area contributed by atoms with E-state index in [9.17, 15) is 19.5 Å². The van der Waals surface area contributed by atoms with Gasteiger partial charge in [0, 0.05) is 24.7 Å². The summed E-state index contributed by atoms with van der Waals surface area (Å²) in [5.74, 6) is -2.09. The molecule has 1 unspecified atom stereocenters. The molecule has 2 rings (SSSR count). The van der Waals surface area contributed by atoms with Crippen LogP contribution in [-0.2, 0) is 16.1 Å². The third kappa shape index (κ3) is 12.2. The lowest BCUT2D eigenvalue weighted by molar-refractivity contribution is -0.158. The van der Waals surface area contributed by atoms with Crippen molar-refractivity contribution in [3.8, 4) is 0 Å². The van der Waals surface area contributed by atoms with Crippen LogP contribution in [0.15, 0.2) is 24.3 Å². The Morgan fingerprint density at radius 2 is 1.47 bits per heavy atom. The molecule has 2 amide bonds. The lowest BCUT2D eigenvalue weighted by Gasteiger charge is -2.38. The molecule has 0 saturated carbocycles. The van der Waals surface area contributed by atoms with Gasteiger partial charge in [-0.25, -0.2) is 4.79 Å². The van der Waals surface area contributed by atoms with E-state index in [4.69, 9.17) is 0 Å². The largest absolute Gasteiger partial charge is 0.474 e. The fraction of sp³-hybridized carbons (Fsp3) is 0.700.